The number of nitrogens with two attached hydrogens (primary N) is 1. The second-order valence-electron chi connectivity index (χ2n) is 5.80. The molecule has 0 saturated carbocycles. The Balaban J connectivity index is 0.00000441. The first-order valence-electron chi connectivity index (χ1n) is 8.03. The third-order valence-corrected chi connectivity index (χ3v) is 3.97. The molecule has 2 amide bonds. The van der Waals surface area contributed by atoms with Crippen LogP contribution in [0.1, 0.15) is 39.0 Å². The minimum Gasteiger partial charge on any atom is -0.355 e. The van der Waals surface area contributed by atoms with Gasteiger partial charge in [-0.25, -0.2) is 0 Å². The van der Waals surface area contributed by atoms with E-state index in [0.29, 0.717) is 25.7 Å². The number of halogens is 1. The number of carbonyl (C=O) groups is 2. The molecule has 7 heteroatoms. The average Bonchev–Trinajstić information content (AvgIpc) is 2.47. The Kier molecular flexibility index (Phi) is 11.2. The summed E-state index contributed by atoms with van der Waals surface area (Å²) in [6, 6.07) is 0.412. The molecule has 1 aliphatic heterocycles. The van der Waals surface area contributed by atoms with E-state index >= 15 is 0 Å². The molecule has 1 atom stereocenters. The van der Waals surface area contributed by atoms with Crippen LogP contribution in [0.25, 0.3) is 0 Å². The van der Waals surface area contributed by atoms with Gasteiger partial charge in [-0.2, -0.15) is 0 Å². The van der Waals surface area contributed by atoms with Crippen LogP contribution < -0.4 is 11.1 Å². The number of piperidine rings is 1. The average molecular weight is 335 g/mol. The molecule has 1 saturated heterocycles. The van der Waals surface area contributed by atoms with Crippen LogP contribution in [0.2, 0.25) is 0 Å². The number of nitrogens with zero attached hydrogens (tertiary/aromatic N) is 2. The minimum atomic E-state index is -0.0927. The number of hydrogen-bond acceptors (Lipinski definition) is 4. The maximum absolute atomic E-state index is 12.2. The Morgan fingerprint density at radius 1 is 1.36 bits per heavy atom. The van der Waals surface area contributed by atoms with Crippen molar-refractivity contribution in [3.63, 3.8) is 0 Å². The molecule has 130 valence electrons. The number of rotatable bonds is 8. The minimum absolute atomic E-state index is 0. The van der Waals surface area contributed by atoms with Crippen LogP contribution in [0.15, 0.2) is 0 Å². The molecule has 0 radical (unpaired) electrons. The zero-order valence-electron chi connectivity index (χ0n) is 13.8. The predicted octanol–water partition coefficient (Wildman–Crippen LogP) is 0.596. The third kappa shape index (κ3) is 7.42. The van der Waals surface area contributed by atoms with Gasteiger partial charge in [-0.3, -0.25) is 14.5 Å². The van der Waals surface area contributed by atoms with E-state index in [1.165, 1.54) is 11.3 Å². The molecule has 0 aliphatic carbocycles. The fraction of sp³-hybridized carbons (Fsp3) is 0.867. The lowest BCUT2D eigenvalue weighted by Gasteiger charge is -2.35. The van der Waals surface area contributed by atoms with E-state index in [1.54, 1.807) is 7.05 Å². The van der Waals surface area contributed by atoms with E-state index in [0.717, 1.165) is 32.2 Å². The molecule has 1 fully saturated rings. The number of carbonyl (C=O) groups excluding carboxylic acids is 2. The van der Waals surface area contributed by atoms with Crippen LogP contribution in [-0.4, -0.2) is 67.4 Å². The van der Waals surface area contributed by atoms with Crippen molar-refractivity contribution >= 4 is 24.2 Å². The van der Waals surface area contributed by atoms with Crippen LogP contribution in [-0.2, 0) is 9.59 Å². The number of likely N-dealkylation sites (tertiary alicyclic amines) is 1. The van der Waals surface area contributed by atoms with Crippen LogP contribution in [0, 0.1) is 0 Å². The second kappa shape index (κ2) is 11.7. The highest BCUT2D eigenvalue weighted by Gasteiger charge is 2.25. The zero-order valence-corrected chi connectivity index (χ0v) is 14.7. The quantitative estimate of drug-likeness (QED) is 0.681. The standard InChI is InChI=1S/C15H30N4O2.ClH/c1-3-9-17-14(20)11-18(2)15(21)12-19-10-5-4-6-13(19)7-8-16;/h13H,3-12,16H2,1-2H3,(H,17,20);1H. The normalized spacial score (nSPS) is 18.4. The molecule has 0 aromatic carbocycles. The van der Waals surface area contributed by atoms with Gasteiger partial charge in [0.05, 0.1) is 13.1 Å². The maximum atomic E-state index is 12.2. The van der Waals surface area contributed by atoms with Crippen LogP contribution in [0.4, 0.5) is 0 Å². The monoisotopic (exact) mass is 334 g/mol. The first kappa shape index (κ1) is 21.1. The van der Waals surface area contributed by atoms with E-state index in [1.807, 2.05) is 6.92 Å². The lowest BCUT2D eigenvalue weighted by atomic mass is 9.99. The van der Waals surface area contributed by atoms with Gasteiger partial charge in [-0.05, 0) is 38.8 Å². The van der Waals surface area contributed by atoms with Gasteiger partial charge in [0, 0.05) is 19.6 Å². The summed E-state index contributed by atoms with van der Waals surface area (Å²) in [7, 11) is 1.69. The Hall–Kier alpha value is -0.850. The van der Waals surface area contributed by atoms with Crippen molar-refractivity contribution in [2.24, 2.45) is 5.73 Å². The van der Waals surface area contributed by atoms with Crippen LogP contribution in [0.5, 0.6) is 0 Å². The summed E-state index contributed by atoms with van der Waals surface area (Å²) >= 11 is 0. The largest absolute Gasteiger partial charge is 0.355 e. The van der Waals surface area contributed by atoms with E-state index in [2.05, 4.69) is 10.2 Å². The van der Waals surface area contributed by atoms with Gasteiger partial charge in [-0.1, -0.05) is 13.3 Å². The van der Waals surface area contributed by atoms with E-state index in [4.69, 9.17) is 5.73 Å². The van der Waals surface area contributed by atoms with Gasteiger partial charge >= 0.3 is 0 Å². The van der Waals surface area contributed by atoms with Crippen molar-refractivity contribution in [1.29, 1.82) is 0 Å². The first-order valence-corrected chi connectivity index (χ1v) is 8.03. The van der Waals surface area contributed by atoms with E-state index < -0.39 is 0 Å². The molecule has 0 bridgehead atoms. The van der Waals surface area contributed by atoms with E-state index in [-0.39, 0.29) is 30.8 Å². The highest BCUT2D eigenvalue weighted by molar-refractivity contribution is 5.85. The molecule has 3 N–H and O–H groups in total. The van der Waals surface area contributed by atoms with Gasteiger partial charge in [-0.15, -0.1) is 12.4 Å². The molecule has 0 spiro atoms. The van der Waals surface area contributed by atoms with Crippen LogP contribution >= 0.6 is 12.4 Å². The lowest BCUT2D eigenvalue weighted by molar-refractivity contribution is -0.136. The Morgan fingerprint density at radius 3 is 2.73 bits per heavy atom. The van der Waals surface area contributed by atoms with Crippen molar-refractivity contribution in [3.8, 4) is 0 Å². The van der Waals surface area contributed by atoms with Gasteiger partial charge in [0.2, 0.25) is 11.8 Å². The summed E-state index contributed by atoms with van der Waals surface area (Å²) in [5, 5.41) is 2.79. The molecule has 1 aliphatic rings. The maximum Gasteiger partial charge on any atom is 0.239 e. The third-order valence-electron chi connectivity index (χ3n) is 3.97. The summed E-state index contributed by atoms with van der Waals surface area (Å²) < 4.78 is 0. The van der Waals surface area contributed by atoms with Gasteiger partial charge in [0.25, 0.3) is 0 Å². The fourth-order valence-corrected chi connectivity index (χ4v) is 2.71. The lowest BCUT2D eigenvalue weighted by Crippen LogP contribution is -2.48. The molecule has 1 rings (SSSR count). The number of nitrogens with one attached hydrogen (secondary N) is 1. The Morgan fingerprint density at radius 2 is 2.09 bits per heavy atom. The predicted molar refractivity (Wildman–Crippen MR) is 91.1 cm³/mol. The molecule has 6 nitrogen and oxygen atoms in total. The van der Waals surface area contributed by atoms with Crippen molar-refractivity contribution in [3.05, 3.63) is 0 Å². The summed E-state index contributed by atoms with van der Waals surface area (Å²) in [6.07, 6.45) is 5.30. The topological polar surface area (TPSA) is 78.7 Å². The van der Waals surface area contributed by atoms with Crippen LogP contribution in [0.3, 0.4) is 0 Å². The van der Waals surface area contributed by atoms with Gasteiger partial charge in [0.15, 0.2) is 0 Å². The summed E-state index contributed by atoms with van der Waals surface area (Å²) in [5.74, 6) is -0.0876. The highest BCUT2D eigenvalue weighted by Crippen LogP contribution is 2.18. The number of hydrogen-bond donors (Lipinski definition) is 2. The van der Waals surface area contributed by atoms with Gasteiger partial charge in [0.1, 0.15) is 0 Å². The van der Waals surface area contributed by atoms with E-state index in [9.17, 15) is 9.59 Å². The number of likely N-dealkylation sites (N-methyl/N-ethyl adjacent to an activating group) is 1. The fourth-order valence-electron chi connectivity index (χ4n) is 2.71. The van der Waals surface area contributed by atoms with Crippen molar-refractivity contribution in [2.75, 3.05) is 39.8 Å². The highest BCUT2D eigenvalue weighted by atomic mass is 35.5. The van der Waals surface area contributed by atoms with Crippen molar-refractivity contribution in [1.82, 2.24) is 15.1 Å². The molecule has 22 heavy (non-hydrogen) atoms. The molecule has 0 aromatic rings. The zero-order chi connectivity index (χ0) is 15.7. The first-order chi connectivity index (χ1) is 10.1. The summed E-state index contributed by atoms with van der Waals surface area (Å²) in [5.41, 5.74) is 5.65. The summed E-state index contributed by atoms with van der Waals surface area (Å²) in [6.45, 7) is 4.79. The van der Waals surface area contributed by atoms with Gasteiger partial charge < -0.3 is 16.0 Å². The summed E-state index contributed by atoms with van der Waals surface area (Å²) in [4.78, 5) is 27.6. The molecular weight excluding hydrogens is 304 g/mol. The SMILES string of the molecule is CCCNC(=O)CN(C)C(=O)CN1CCCCC1CCN.Cl. The molecule has 1 heterocycles. The molecule has 1 unspecified atom stereocenters. The Bertz CT molecular complexity index is 340. The molecule has 0 aromatic heterocycles. The van der Waals surface area contributed by atoms with Crippen molar-refractivity contribution in [2.45, 2.75) is 45.1 Å². The number of amides is 2. The smallest absolute Gasteiger partial charge is 0.239 e. The Labute approximate surface area is 140 Å². The van der Waals surface area contributed by atoms with Crippen molar-refractivity contribution < 1.29 is 9.59 Å². The molecular formula is C15H31ClN4O2. The second-order valence-corrected chi connectivity index (χ2v) is 5.80.